The molecule has 2 rings (SSSR count). The van der Waals surface area contributed by atoms with Crippen molar-refractivity contribution in [1.82, 2.24) is 5.32 Å². The Morgan fingerprint density at radius 1 is 1.13 bits per heavy atom. The number of hydrogen-bond donors (Lipinski definition) is 2. The van der Waals surface area contributed by atoms with Crippen LogP contribution in [-0.4, -0.2) is 18.5 Å². The molecule has 0 heterocycles. The lowest BCUT2D eigenvalue weighted by atomic mass is 9.95. The number of nitriles is 1. The molecule has 0 aromatic heterocycles. The molecule has 2 amide bonds. The average molecular weight is 328 g/mol. The molecule has 5 heteroatoms. The van der Waals surface area contributed by atoms with E-state index < -0.39 is 0 Å². The number of amides is 2. The summed E-state index contributed by atoms with van der Waals surface area (Å²) in [5, 5.41) is 14.4. The monoisotopic (exact) mass is 327 g/mol. The van der Waals surface area contributed by atoms with Gasteiger partial charge in [-0.05, 0) is 54.3 Å². The maximum atomic E-state index is 11.7. The number of hydrogen-bond acceptors (Lipinski definition) is 2. The minimum absolute atomic E-state index is 0.265. The summed E-state index contributed by atoms with van der Waals surface area (Å²) in [7, 11) is 0. The second-order valence-electron chi connectivity index (χ2n) is 5.17. The molecule has 2 aromatic rings. The number of carbonyl (C=O) groups is 1. The average Bonchev–Trinajstić information content (AvgIpc) is 2.57. The normalized spacial score (nSPS) is 10.0. The Balaban J connectivity index is 2.26. The molecule has 0 bridgehead atoms. The summed E-state index contributed by atoms with van der Waals surface area (Å²) in [4.78, 5) is 11.7. The van der Waals surface area contributed by atoms with Gasteiger partial charge in [0.15, 0.2) is 0 Å². The van der Waals surface area contributed by atoms with E-state index in [2.05, 4.69) is 16.7 Å². The van der Waals surface area contributed by atoms with E-state index in [-0.39, 0.29) is 6.03 Å². The Kier molecular flexibility index (Phi) is 5.61. The van der Waals surface area contributed by atoms with Crippen LogP contribution in [0.4, 0.5) is 10.5 Å². The third-order valence-electron chi connectivity index (χ3n) is 3.74. The zero-order chi connectivity index (χ0) is 16.8. The first kappa shape index (κ1) is 16.9. The first-order valence-corrected chi connectivity index (χ1v) is 7.82. The van der Waals surface area contributed by atoms with Crippen LogP contribution >= 0.6 is 11.6 Å². The molecule has 0 atom stereocenters. The predicted octanol–water partition coefficient (Wildman–Crippen LogP) is 4.20. The minimum Gasteiger partial charge on any atom is -0.337 e. The number of urea groups is 1. The smallest absolute Gasteiger partial charge is 0.319 e. The molecule has 23 heavy (non-hydrogen) atoms. The highest BCUT2D eigenvalue weighted by molar-refractivity contribution is 6.18. The van der Waals surface area contributed by atoms with Crippen molar-refractivity contribution in [3.05, 3.63) is 53.1 Å². The molecule has 0 aliphatic rings. The lowest BCUT2D eigenvalue weighted by Crippen LogP contribution is -2.30. The van der Waals surface area contributed by atoms with Crippen LogP contribution < -0.4 is 10.6 Å². The number of nitrogens with zero attached hydrogens (tertiary/aromatic N) is 1. The highest BCUT2D eigenvalue weighted by atomic mass is 35.5. The highest BCUT2D eigenvalue weighted by Gasteiger charge is 2.10. The van der Waals surface area contributed by atoms with Crippen molar-refractivity contribution < 1.29 is 4.79 Å². The van der Waals surface area contributed by atoms with Gasteiger partial charge in [-0.2, -0.15) is 5.26 Å². The van der Waals surface area contributed by atoms with Crippen molar-refractivity contribution in [2.75, 3.05) is 17.7 Å². The molecule has 0 aliphatic heterocycles. The van der Waals surface area contributed by atoms with E-state index in [1.54, 1.807) is 12.1 Å². The quantitative estimate of drug-likeness (QED) is 0.826. The molecule has 0 unspecified atom stereocenters. The van der Waals surface area contributed by atoms with Crippen LogP contribution in [0.25, 0.3) is 11.1 Å². The molecule has 2 aromatic carbocycles. The molecule has 0 radical (unpaired) electrons. The Labute approximate surface area is 141 Å². The van der Waals surface area contributed by atoms with Gasteiger partial charge in [0.05, 0.1) is 11.6 Å². The van der Waals surface area contributed by atoms with E-state index in [0.29, 0.717) is 18.0 Å². The summed E-state index contributed by atoms with van der Waals surface area (Å²) in [5.41, 5.74) is 5.63. The molecule has 118 valence electrons. The standard InChI is InChI=1S/C18H18ClN3O/c1-12-13(2)17(22-18(23)21-10-9-19)8-7-16(12)15-5-3-14(11-20)4-6-15/h3-8H,9-10H2,1-2H3,(H2,21,22,23). The summed E-state index contributed by atoms with van der Waals surface area (Å²) < 4.78 is 0. The molecule has 2 N–H and O–H groups in total. The van der Waals surface area contributed by atoms with Gasteiger partial charge >= 0.3 is 6.03 Å². The van der Waals surface area contributed by atoms with Gasteiger partial charge in [-0.25, -0.2) is 4.79 Å². The summed E-state index contributed by atoms with van der Waals surface area (Å²) in [6.07, 6.45) is 0. The van der Waals surface area contributed by atoms with Crippen molar-refractivity contribution in [2.45, 2.75) is 13.8 Å². The van der Waals surface area contributed by atoms with E-state index in [0.717, 1.165) is 27.9 Å². The summed E-state index contributed by atoms with van der Waals surface area (Å²) in [6, 6.07) is 13.2. The lowest BCUT2D eigenvalue weighted by molar-refractivity contribution is 0.252. The Hall–Kier alpha value is -2.51. The third-order valence-corrected chi connectivity index (χ3v) is 3.93. The van der Waals surface area contributed by atoms with Gasteiger partial charge in [0, 0.05) is 18.1 Å². The molecule has 0 spiro atoms. The van der Waals surface area contributed by atoms with Gasteiger partial charge in [-0.3, -0.25) is 0 Å². The van der Waals surface area contributed by atoms with Gasteiger partial charge in [0.1, 0.15) is 0 Å². The number of nitrogens with one attached hydrogen (secondary N) is 2. The minimum atomic E-state index is -0.265. The number of halogens is 1. The fourth-order valence-corrected chi connectivity index (χ4v) is 2.41. The van der Waals surface area contributed by atoms with Gasteiger partial charge in [0.25, 0.3) is 0 Å². The zero-order valence-electron chi connectivity index (χ0n) is 13.1. The molecule has 0 aliphatic carbocycles. The third kappa shape index (κ3) is 4.02. The molecule has 0 saturated heterocycles. The van der Waals surface area contributed by atoms with Crippen LogP contribution in [0, 0.1) is 25.2 Å². The zero-order valence-corrected chi connectivity index (χ0v) is 13.9. The summed E-state index contributed by atoms with van der Waals surface area (Å²) >= 11 is 5.55. The first-order valence-electron chi connectivity index (χ1n) is 7.28. The number of rotatable bonds is 4. The molecule has 4 nitrogen and oxygen atoms in total. The fraction of sp³-hybridized carbons (Fsp3) is 0.222. The van der Waals surface area contributed by atoms with Crippen LogP contribution in [0.3, 0.4) is 0 Å². The van der Waals surface area contributed by atoms with Crippen molar-refractivity contribution >= 4 is 23.3 Å². The van der Waals surface area contributed by atoms with Crippen molar-refractivity contribution in [3.8, 4) is 17.2 Å². The summed E-state index contributed by atoms with van der Waals surface area (Å²) in [6.45, 7) is 4.42. The van der Waals surface area contributed by atoms with Crippen LogP contribution in [0.5, 0.6) is 0 Å². The Morgan fingerprint density at radius 2 is 1.83 bits per heavy atom. The van der Waals surface area contributed by atoms with Gasteiger partial charge in [-0.15, -0.1) is 11.6 Å². The predicted molar refractivity (Wildman–Crippen MR) is 93.8 cm³/mol. The number of carbonyl (C=O) groups excluding carboxylic acids is 1. The van der Waals surface area contributed by atoms with E-state index in [1.807, 2.05) is 38.1 Å². The lowest BCUT2D eigenvalue weighted by Gasteiger charge is -2.15. The highest BCUT2D eigenvalue weighted by Crippen LogP contribution is 2.30. The van der Waals surface area contributed by atoms with Gasteiger partial charge < -0.3 is 10.6 Å². The maximum absolute atomic E-state index is 11.7. The molecular formula is C18H18ClN3O. The van der Waals surface area contributed by atoms with Gasteiger partial charge in [-0.1, -0.05) is 18.2 Å². The van der Waals surface area contributed by atoms with E-state index in [1.165, 1.54) is 0 Å². The Bertz CT molecular complexity index is 748. The van der Waals surface area contributed by atoms with Crippen molar-refractivity contribution in [2.24, 2.45) is 0 Å². The molecule has 0 fully saturated rings. The van der Waals surface area contributed by atoms with Crippen LogP contribution in [0.1, 0.15) is 16.7 Å². The summed E-state index contributed by atoms with van der Waals surface area (Å²) in [5.74, 6) is 0.378. The van der Waals surface area contributed by atoms with Gasteiger partial charge in [0.2, 0.25) is 0 Å². The largest absolute Gasteiger partial charge is 0.337 e. The number of benzene rings is 2. The number of alkyl halides is 1. The second-order valence-corrected chi connectivity index (χ2v) is 5.55. The Morgan fingerprint density at radius 3 is 2.43 bits per heavy atom. The van der Waals surface area contributed by atoms with E-state index in [4.69, 9.17) is 16.9 Å². The van der Waals surface area contributed by atoms with Crippen LogP contribution in [0.15, 0.2) is 36.4 Å². The fourth-order valence-electron chi connectivity index (χ4n) is 2.32. The van der Waals surface area contributed by atoms with Crippen LogP contribution in [-0.2, 0) is 0 Å². The van der Waals surface area contributed by atoms with Crippen molar-refractivity contribution in [1.29, 1.82) is 5.26 Å². The molecule has 0 saturated carbocycles. The van der Waals surface area contributed by atoms with Crippen molar-refractivity contribution in [3.63, 3.8) is 0 Å². The topological polar surface area (TPSA) is 64.9 Å². The second kappa shape index (κ2) is 7.66. The number of anilines is 1. The van der Waals surface area contributed by atoms with E-state index in [9.17, 15) is 4.79 Å². The SMILES string of the molecule is Cc1c(NC(=O)NCCCl)ccc(-c2ccc(C#N)cc2)c1C. The maximum Gasteiger partial charge on any atom is 0.319 e. The first-order chi connectivity index (χ1) is 11.1. The van der Waals surface area contributed by atoms with E-state index >= 15 is 0 Å². The molecular weight excluding hydrogens is 310 g/mol. The van der Waals surface area contributed by atoms with Crippen LogP contribution in [0.2, 0.25) is 0 Å².